The van der Waals surface area contributed by atoms with E-state index in [0.29, 0.717) is 0 Å². The quantitative estimate of drug-likeness (QED) is 0.169. The molecule has 0 aliphatic heterocycles. The van der Waals surface area contributed by atoms with Crippen LogP contribution >= 0.6 is 11.3 Å². The molecule has 9 aromatic rings. The van der Waals surface area contributed by atoms with Crippen molar-refractivity contribution in [3.63, 3.8) is 0 Å². The van der Waals surface area contributed by atoms with Gasteiger partial charge in [-0.2, -0.15) is 0 Å². The minimum atomic E-state index is -0.312. The summed E-state index contributed by atoms with van der Waals surface area (Å²) in [6, 6.07) is 71.0. The molecular formula is C50H35NS. The highest BCUT2D eigenvalue weighted by atomic mass is 32.1. The molecule has 0 N–H and O–H groups in total. The minimum Gasteiger partial charge on any atom is -0.309 e. The Labute approximate surface area is 308 Å². The summed E-state index contributed by atoms with van der Waals surface area (Å²) < 4.78 is 2.59. The van der Waals surface area contributed by atoms with E-state index in [2.05, 4.69) is 206 Å². The van der Waals surface area contributed by atoms with E-state index in [4.69, 9.17) is 0 Å². The summed E-state index contributed by atoms with van der Waals surface area (Å²) >= 11 is 1.90. The van der Waals surface area contributed by atoms with Crippen LogP contribution in [0.15, 0.2) is 194 Å². The molecule has 1 aromatic heterocycles. The Balaban J connectivity index is 1.21. The maximum absolute atomic E-state index is 2.45. The van der Waals surface area contributed by atoms with Gasteiger partial charge in [-0.3, -0.25) is 0 Å². The Kier molecular flexibility index (Phi) is 7.19. The molecule has 1 heterocycles. The number of anilines is 3. The first-order valence-electron chi connectivity index (χ1n) is 17.9. The van der Waals surface area contributed by atoms with Crippen molar-refractivity contribution < 1.29 is 0 Å². The van der Waals surface area contributed by atoms with Crippen LogP contribution in [0.3, 0.4) is 0 Å². The standard InChI is InChI=1S/C50H35NS/c1-50(43-21-11-8-18-40(43)41-19-9-12-22-44(41)50)45-32-33-46(49-48(45)42-20-10-13-23-47(42)52-49)51(38-28-24-36(25-29-38)34-14-4-2-5-15-34)39-30-26-37(27-31-39)35-16-6-3-7-17-35/h2-33H,1H3. The van der Waals surface area contributed by atoms with Crippen molar-refractivity contribution in [1.29, 1.82) is 0 Å². The van der Waals surface area contributed by atoms with E-state index < -0.39 is 0 Å². The predicted molar refractivity (Wildman–Crippen MR) is 222 cm³/mol. The van der Waals surface area contributed by atoms with Crippen LogP contribution in [0.5, 0.6) is 0 Å². The highest BCUT2D eigenvalue weighted by Gasteiger charge is 2.42. The summed E-state index contributed by atoms with van der Waals surface area (Å²) in [5.74, 6) is 0. The largest absolute Gasteiger partial charge is 0.309 e. The lowest BCUT2D eigenvalue weighted by atomic mass is 9.72. The smallest absolute Gasteiger partial charge is 0.0640 e. The van der Waals surface area contributed by atoms with Crippen molar-refractivity contribution >= 4 is 48.6 Å². The van der Waals surface area contributed by atoms with Crippen molar-refractivity contribution in [2.24, 2.45) is 0 Å². The number of rotatable bonds is 6. The second kappa shape index (κ2) is 12.2. The number of nitrogens with zero attached hydrogens (tertiary/aromatic N) is 1. The fraction of sp³-hybridized carbons (Fsp3) is 0.0400. The van der Waals surface area contributed by atoms with E-state index in [0.717, 1.165) is 11.4 Å². The average Bonchev–Trinajstić information content (AvgIpc) is 3.74. The van der Waals surface area contributed by atoms with E-state index in [1.165, 1.54) is 75.9 Å². The molecule has 1 aliphatic rings. The van der Waals surface area contributed by atoms with Crippen LogP contribution < -0.4 is 4.90 Å². The van der Waals surface area contributed by atoms with Crippen LogP contribution in [-0.2, 0) is 5.41 Å². The van der Waals surface area contributed by atoms with Crippen LogP contribution in [0, 0.1) is 0 Å². The van der Waals surface area contributed by atoms with E-state index in [1.807, 2.05) is 11.3 Å². The maximum atomic E-state index is 2.45. The Morgan fingerprint density at radius 2 is 0.865 bits per heavy atom. The molecule has 246 valence electrons. The molecule has 0 spiro atoms. The Morgan fingerprint density at radius 3 is 1.42 bits per heavy atom. The van der Waals surface area contributed by atoms with Gasteiger partial charge in [0, 0.05) is 32.3 Å². The Morgan fingerprint density at radius 1 is 0.404 bits per heavy atom. The van der Waals surface area contributed by atoms with Gasteiger partial charge in [-0.25, -0.2) is 0 Å². The molecule has 8 aromatic carbocycles. The Bertz CT molecular complexity index is 2600. The highest BCUT2D eigenvalue weighted by Crippen LogP contribution is 2.56. The number of benzene rings is 8. The molecule has 0 atom stereocenters. The van der Waals surface area contributed by atoms with Gasteiger partial charge in [0.05, 0.1) is 10.4 Å². The van der Waals surface area contributed by atoms with Gasteiger partial charge in [0.2, 0.25) is 0 Å². The average molecular weight is 682 g/mol. The second-order valence-corrected chi connectivity index (χ2v) is 14.9. The molecule has 0 bridgehead atoms. The van der Waals surface area contributed by atoms with Crippen LogP contribution in [0.1, 0.15) is 23.6 Å². The van der Waals surface area contributed by atoms with Crippen molar-refractivity contribution in [2.75, 3.05) is 4.90 Å². The van der Waals surface area contributed by atoms with Gasteiger partial charge in [0.15, 0.2) is 0 Å². The first-order valence-corrected chi connectivity index (χ1v) is 18.8. The van der Waals surface area contributed by atoms with Crippen molar-refractivity contribution in [3.8, 4) is 33.4 Å². The molecule has 0 saturated carbocycles. The van der Waals surface area contributed by atoms with E-state index in [-0.39, 0.29) is 5.41 Å². The van der Waals surface area contributed by atoms with Crippen LogP contribution in [0.25, 0.3) is 53.6 Å². The number of hydrogen-bond donors (Lipinski definition) is 0. The summed E-state index contributed by atoms with van der Waals surface area (Å²) in [7, 11) is 0. The summed E-state index contributed by atoms with van der Waals surface area (Å²) in [5.41, 5.74) is 14.7. The molecular weight excluding hydrogens is 647 g/mol. The number of thiophene rings is 1. The van der Waals surface area contributed by atoms with Crippen molar-refractivity contribution in [1.82, 2.24) is 0 Å². The molecule has 0 amide bonds. The van der Waals surface area contributed by atoms with Gasteiger partial charge in [-0.1, -0.05) is 158 Å². The lowest BCUT2D eigenvalue weighted by Crippen LogP contribution is -2.23. The maximum Gasteiger partial charge on any atom is 0.0640 e. The molecule has 0 fully saturated rings. The number of fused-ring (bicyclic) bond motifs is 6. The summed E-state index contributed by atoms with van der Waals surface area (Å²) in [5, 5.41) is 2.64. The molecule has 1 nitrogen and oxygen atoms in total. The fourth-order valence-electron chi connectivity index (χ4n) is 8.44. The third-order valence-electron chi connectivity index (χ3n) is 11.0. The van der Waals surface area contributed by atoms with E-state index >= 15 is 0 Å². The van der Waals surface area contributed by atoms with Gasteiger partial charge in [0.25, 0.3) is 0 Å². The zero-order chi connectivity index (χ0) is 34.6. The van der Waals surface area contributed by atoms with E-state index in [1.54, 1.807) is 0 Å². The highest BCUT2D eigenvalue weighted by molar-refractivity contribution is 7.26. The van der Waals surface area contributed by atoms with Gasteiger partial charge >= 0.3 is 0 Å². The molecule has 0 unspecified atom stereocenters. The molecule has 0 saturated heterocycles. The molecule has 52 heavy (non-hydrogen) atoms. The van der Waals surface area contributed by atoms with Crippen molar-refractivity contribution in [3.05, 3.63) is 211 Å². The third kappa shape index (κ3) is 4.76. The van der Waals surface area contributed by atoms with Gasteiger partial charge in [-0.15, -0.1) is 11.3 Å². The van der Waals surface area contributed by atoms with Gasteiger partial charge < -0.3 is 4.90 Å². The number of hydrogen-bond acceptors (Lipinski definition) is 2. The first kappa shape index (κ1) is 30.6. The summed E-state index contributed by atoms with van der Waals surface area (Å²) in [4.78, 5) is 2.45. The van der Waals surface area contributed by atoms with Crippen LogP contribution in [0.2, 0.25) is 0 Å². The fourth-order valence-corrected chi connectivity index (χ4v) is 9.68. The zero-order valence-electron chi connectivity index (χ0n) is 28.8. The SMILES string of the molecule is CC1(c2ccc(N(c3ccc(-c4ccccc4)cc3)c3ccc(-c4ccccc4)cc3)c3sc4ccccc4c23)c2ccccc2-c2ccccc21. The first-order chi connectivity index (χ1) is 25.7. The molecule has 1 aliphatic carbocycles. The zero-order valence-corrected chi connectivity index (χ0v) is 29.6. The summed E-state index contributed by atoms with van der Waals surface area (Å²) in [6.45, 7) is 2.43. The third-order valence-corrected chi connectivity index (χ3v) is 12.2. The monoisotopic (exact) mass is 681 g/mol. The van der Waals surface area contributed by atoms with Gasteiger partial charge in [0.1, 0.15) is 0 Å². The van der Waals surface area contributed by atoms with E-state index in [9.17, 15) is 0 Å². The van der Waals surface area contributed by atoms with Gasteiger partial charge in [-0.05, 0) is 93.4 Å². The molecule has 2 heteroatoms. The second-order valence-electron chi connectivity index (χ2n) is 13.8. The topological polar surface area (TPSA) is 3.24 Å². The Hall–Kier alpha value is -6.22. The lowest BCUT2D eigenvalue weighted by Gasteiger charge is -2.31. The minimum absolute atomic E-state index is 0.312. The van der Waals surface area contributed by atoms with Crippen LogP contribution in [-0.4, -0.2) is 0 Å². The normalized spacial score (nSPS) is 12.9. The predicted octanol–water partition coefficient (Wildman–Crippen LogP) is 14.2. The summed E-state index contributed by atoms with van der Waals surface area (Å²) in [6.07, 6.45) is 0. The van der Waals surface area contributed by atoms with Crippen LogP contribution in [0.4, 0.5) is 17.1 Å². The molecule has 0 radical (unpaired) electrons. The van der Waals surface area contributed by atoms with Crippen molar-refractivity contribution in [2.45, 2.75) is 12.3 Å². The lowest BCUT2D eigenvalue weighted by molar-refractivity contribution is 0.722. The molecule has 10 rings (SSSR count).